The molecule has 0 fully saturated rings. The molecule has 0 saturated carbocycles. The van der Waals surface area contributed by atoms with Gasteiger partial charge in [0.25, 0.3) is 0 Å². The number of halogens is 1. The molecule has 0 unspecified atom stereocenters. The lowest BCUT2D eigenvalue weighted by Crippen LogP contribution is -2.29. The quantitative estimate of drug-likeness (QED) is 0.642. The Morgan fingerprint density at radius 2 is 2.29 bits per heavy atom. The molecule has 1 N–H and O–H groups in total. The predicted octanol–water partition coefficient (Wildman–Crippen LogP) is 1.96. The summed E-state index contributed by atoms with van der Waals surface area (Å²) in [6, 6.07) is 1.42. The lowest BCUT2D eigenvalue weighted by molar-refractivity contribution is -0.384. The van der Waals surface area contributed by atoms with E-state index in [9.17, 15) is 10.1 Å². The standard InChI is InChI=1S/C10H14BrN3O3/c1-2-3-13(4-5-15)10-9(14(16)17)6-8(11)7-12-10/h6-7,15H,2-5H2,1H3. The van der Waals surface area contributed by atoms with Gasteiger partial charge in [0.1, 0.15) is 0 Å². The molecule has 0 atom stereocenters. The van der Waals surface area contributed by atoms with Crippen LogP contribution >= 0.6 is 15.9 Å². The van der Waals surface area contributed by atoms with Crippen molar-refractivity contribution in [2.45, 2.75) is 13.3 Å². The lowest BCUT2D eigenvalue weighted by Gasteiger charge is -2.21. The van der Waals surface area contributed by atoms with E-state index in [-0.39, 0.29) is 12.3 Å². The van der Waals surface area contributed by atoms with E-state index in [1.807, 2.05) is 6.92 Å². The zero-order chi connectivity index (χ0) is 12.8. The van der Waals surface area contributed by atoms with Gasteiger partial charge < -0.3 is 10.0 Å². The maximum absolute atomic E-state index is 10.9. The van der Waals surface area contributed by atoms with Crippen LogP contribution in [0.3, 0.4) is 0 Å². The molecule has 0 amide bonds. The number of aliphatic hydroxyl groups excluding tert-OH is 1. The molecule has 1 heterocycles. The lowest BCUT2D eigenvalue weighted by atomic mass is 10.3. The van der Waals surface area contributed by atoms with Crippen LogP contribution < -0.4 is 4.90 Å². The second-order valence-electron chi connectivity index (χ2n) is 3.46. The van der Waals surface area contributed by atoms with E-state index in [2.05, 4.69) is 20.9 Å². The van der Waals surface area contributed by atoms with Gasteiger partial charge >= 0.3 is 5.69 Å². The Bertz CT molecular complexity index is 394. The first-order valence-corrected chi connectivity index (χ1v) is 6.05. The molecule has 0 aliphatic heterocycles. The van der Waals surface area contributed by atoms with Crippen LogP contribution in [0, 0.1) is 10.1 Å². The number of nitrogens with zero attached hydrogens (tertiary/aromatic N) is 3. The van der Waals surface area contributed by atoms with Crippen LogP contribution in [-0.2, 0) is 0 Å². The summed E-state index contributed by atoms with van der Waals surface area (Å²) in [5.41, 5.74) is -0.0544. The van der Waals surface area contributed by atoms with E-state index in [1.165, 1.54) is 12.3 Å². The maximum atomic E-state index is 10.9. The van der Waals surface area contributed by atoms with Crippen molar-refractivity contribution in [1.29, 1.82) is 0 Å². The summed E-state index contributed by atoms with van der Waals surface area (Å²) in [7, 11) is 0. The second-order valence-corrected chi connectivity index (χ2v) is 4.38. The van der Waals surface area contributed by atoms with Crippen molar-refractivity contribution >= 4 is 27.4 Å². The van der Waals surface area contributed by atoms with Crippen molar-refractivity contribution < 1.29 is 10.0 Å². The molecule has 1 aromatic heterocycles. The van der Waals surface area contributed by atoms with Crippen molar-refractivity contribution in [3.63, 3.8) is 0 Å². The van der Waals surface area contributed by atoms with Crippen LogP contribution in [0.5, 0.6) is 0 Å². The smallest absolute Gasteiger partial charge is 0.312 e. The number of hydrogen-bond acceptors (Lipinski definition) is 5. The first kappa shape index (κ1) is 13.9. The van der Waals surface area contributed by atoms with E-state index < -0.39 is 4.92 Å². The number of aliphatic hydroxyl groups is 1. The minimum absolute atomic E-state index is 0.0544. The monoisotopic (exact) mass is 303 g/mol. The van der Waals surface area contributed by atoms with Gasteiger partial charge in [-0.25, -0.2) is 4.98 Å². The third-order valence-corrected chi connectivity index (χ3v) is 2.61. The molecule has 0 bridgehead atoms. The molecule has 7 heteroatoms. The summed E-state index contributed by atoms with van der Waals surface area (Å²) in [6.45, 7) is 2.86. The zero-order valence-electron chi connectivity index (χ0n) is 9.47. The summed E-state index contributed by atoms with van der Waals surface area (Å²) < 4.78 is 0.563. The fourth-order valence-electron chi connectivity index (χ4n) is 1.51. The molecule has 94 valence electrons. The van der Waals surface area contributed by atoms with Crippen molar-refractivity contribution in [1.82, 2.24) is 4.98 Å². The van der Waals surface area contributed by atoms with Crippen molar-refractivity contribution in [3.8, 4) is 0 Å². The van der Waals surface area contributed by atoms with Gasteiger partial charge in [0.2, 0.25) is 5.82 Å². The molecule has 0 saturated heterocycles. The Balaban J connectivity index is 3.12. The van der Waals surface area contributed by atoms with E-state index in [1.54, 1.807) is 4.90 Å². The van der Waals surface area contributed by atoms with Crippen LogP contribution in [0.25, 0.3) is 0 Å². The van der Waals surface area contributed by atoms with E-state index in [0.29, 0.717) is 23.4 Å². The molecular weight excluding hydrogens is 290 g/mol. The Morgan fingerprint density at radius 3 is 2.82 bits per heavy atom. The summed E-state index contributed by atoms with van der Waals surface area (Å²) in [4.78, 5) is 16.3. The molecule has 17 heavy (non-hydrogen) atoms. The number of nitro groups is 1. The summed E-state index contributed by atoms with van der Waals surface area (Å²) >= 11 is 3.16. The van der Waals surface area contributed by atoms with Crippen LogP contribution in [0.1, 0.15) is 13.3 Å². The number of anilines is 1. The third kappa shape index (κ3) is 3.64. The zero-order valence-corrected chi connectivity index (χ0v) is 11.1. The highest BCUT2D eigenvalue weighted by molar-refractivity contribution is 9.10. The van der Waals surface area contributed by atoms with Gasteiger partial charge in [-0.3, -0.25) is 10.1 Å². The molecule has 1 rings (SSSR count). The van der Waals surface area contributed by atoms with Crippen LogP contribution in [0.2, 0.25) is 0 Å². The van der Waals surface area contributed by atoms with Crippen LogP contribution in [0.4, 0.5) is 11.5 Å². The topological polar surface area (TPSA) is 79.5 Å². The summed E-state index contributed by atoms with van der Waals surface area (Å²) in [6.07, 6.45) is 2.34. The van der Waals surface area contributed by atoms with E-state index >= 15 is 0 Å². The van der Waals surface area contributed by atoms with Gasteiger partial charge in [-0.1, -0.05) is 6.92 Å². The number of pyridine rings is 1. The largest absolute Gasteiger partial charge is 0.395 e. The summed E-state index contributed by atoms with van der Waals surface area (Å²) in [5, 5.41) is 19.9. The van der Waals surface area contributed by atoms with Crippen molar-refractivity contribution in [3.05, 3.63) is 26.9 Å². The SMILES string of the molecule is CCCN(CCO)c1ncc(Br)cc1[N+](=O)[O-]. The van der Waals surface area contributed by atoms with Crippen molar-refractivity contribution in [2.75, 3.05) is 24.6 Å². The molecule has 0 aliphatic carbocycles. The molecule has 0 aromatic carbocycles. The van der Waals surface area contributed by atoms with Gasteiger partial charge in [-0.05, 0) is 22.4 Å². The Morgan fingerprint density at radius 1 is 1.59 bits per heavy atom. The van der Waals surface area contributed by atoms with E-state index in [0.717, 1.165) is 6.42 Å². The highest BCUT2D eigenvalue weighted by Crippen LogP contribution is 2.28. The van der Waals surface area contributed by atoms with Gasteiger partial charge in [-0.15, -0.1) is 0 Å². The minimum atomic E-state index is -0.465. The highest BCUT2D eigenvalue weighted by Gasteiger charge is 2.20. The van der Waals surface area contributed by atoms with Gasteiger partial charge in [0.15, 0.2) is 0 Å². The summed E-state index contributed by atoms with van der Waals surface area (Å²) in [5.74, 6) is 0.300. The Hall–Kier alpha value is -1.21. The first-order valence-electron chi connectivity index (χ1n) is 5.25. The van der Waals surface area contributed by atoms with E-state index in [4.69, 9.17) is 5.11 Å². The predicted molar refractivity (Wildman–Crippen MR) is 68.2 cm³/mol. The molecule has 0 radical (unpaired) electrons. The Labute approximate surface area is 108 Å². The van der Waals surface area contributed by atoms with Crippen LogP contribution in [0.15, 0.2) is 16.7 Å². The Kier molecular flexibility index (Phi) is 5.30. The average molecular weight is 304 g/mol. The normalized spacial score (nSPS) is 10.3. The maximum Gasteiger partial charge on any atom is 0.312 e. The van der Waals surface area contributed by atoms with Gasteiger partial charge in [-0.2, -0.15) is 0 Å². The van der Waals surface area contributed by atoms with Gasteiger partial charge in [0.05, 0.1) is 11.5 Å². The van der Waals surface area contributed by atoms with Gasteiger partial charge in [0, 0.05) is 29.8 Å². The third-order valence-electron chi connectivity index (χ3n) is 2.17. The number of aromatic nitrogens is 1. The van der Waals surface area contributed by atoms with Crippen LogP contribution in [-0.4, -0.2) is 34.7 Å². The minimum Gasteiger partial charge on any atom is -0.395 e. The number of hydrogen-bond donors (Lipinski definition) is 1. The molecular formula is C10H14BrN3O3. The molecule has 0 aliphatic rings. The number of rotatable bonds is 6. The average Bonchev–Trinajstić information content (AvgIpc) is 2.28. The molecule has 0 spiro atoms. The second kappa shape index (κ2) is 6.51. The molecule has 1 aromatic rings. The fourth-order valence-corrected chi connectivity index (χ4v) is 1.83. The highest BCUT2D eigenvalue weighted by atomic mass is 79.9. The fraction of sp³-hybridized carbons (Fsp3) is 0.500. The first-order chi connectivity index (χ1) is 8.10. The van der Waals surface area contributed by atoms with Crippen molar-refractivity contribution in [2.24, 2.45) is 0 Å². The molecule has 6 nitrogen and oxygen atoms in total.